The number of aromatic nitrogens is 2. The normalized spacial score (nSPS) is 18.4. The minimum Gasteiger partial charge on any atom is -0.438 e. The van der Waals surface area contributed by atoms with Crippen molar-refractivity contribution < 1.29 is 13.9 Å². The van der Waals surface area contributed by atoms with Crippen LogP contribution in [0.3, 0.4) is 0 Å². The number of oxazole rings is 1. The summed E-state index contributed by atoms with van der Waals surface area (Å²) in [6.45, 7) is 6.23. The average Bonchev–Trinajstić information content (AvgIpc) is 3.03. The number of amides is 1. The molecule has 0 saturated carbocycles. The molecule has 1 aliphatic heterocycles. The van der Waals surface area contributed by atoms with Gasteiger partial charge in [0.05, 0.1) is 24.9 Å². The second-order valence-corrected chi connectivity index (χ2v) is 5.18. The van der Waals surface area contributed by atoms with E-state index < -0.39 is 0 Å². The van der Waals surface area contributed by atoms with Gasteiger partial charge in [-0.3, -0.25) is 4.79 Å². The zero-order valence-corrected chi connectivity index (χ0v) is 12.3. The van der Waals surface area contributed by atoms with Crippen LogP contribution in [0.4, 0.5) is 0 Å². The Bertz CT molecular complexity index is 632. The second kappa shape index (κ2) is 5.73. The fourth-order valence-corrected chi connectivity index (χ4v) is 2.70. The van der Waals surface area contributed by atoms with Gasteiger partial charge in [-0.1, -0.05) is 0 Å². The zero-order valence-electron chi connectivity index (χ0n) is 12.3. The number of hydrogen-bond donors (Lipinski definition) is 0. The van der Waals surface area contributed by atoms with Gasteiger partial charge in [0, 0.05) is 25.0 Å². The van der Waals surface area contributed by atoms with Gasteiger partial charge in [0.15, 0.2) is 6.39 Å². The van der Waals surface area contributed by atoms with Gasteiger partial charge in [-0.05, 0) is 26.0 Å². The van der Waals surface area contributed by atoms with Crippen molar-refractivity contribution in [3.63, 3.8) is 0 Å². The fraction of sp³-hybridized carbons (Fsp3) is 0.467. The van der Waals surface area contributed by atoms with Crippen LogP contribution < -0.4 is 0 Å². The average molecular weight is 289 g/mol. The molecule has 112 valence electrons. The molecule has 2 aromatic rings. The molecule has 0 radical (unpaired) electrons. The van der Waals surface area contributed by atoms with E-state index in [1.165, 1.54) is 6.39 Å². The number of rotatable bonds is 3. The van der Waals surface area contributed by atoms with Crippen LogP contribution >= 0.6 is 0 Å². The Hall–Kier alpha value is -2.08. The van der Waals surface area contributed by atoms with Crippen molar-refractivity contribution in [3.8, 4) is 0 Å². The minimum atomic E-state index is -0.135. The summed E-state index contributed by atoms with van der Waals surface area (Å²) in [5.74, 6) is 0.176. The highest BCUT2D eigenvalue weighted by Gasteiger charge is 2.28. The molecule has 0 spiro atoms. The van der Waals surface area contributed by atoms with Crippen LogP contribution in [-0.4, -0.2) is 39.6 Å². The molecule has 1 atom stereocenters. The van der Waals surface area contributed by atoms with E-state index in [1.807, 2.05) is 25.3 Å². The molecule has 0 unspecified atom stereocenters. The Labute approximate surface area is 123 Å². The predicted octanol–water partition coefficient (Wildman–Crippen LogP) is 1.85. The summed E-state index contributed by atoms with van der Waals surface area (Å²) in [5, 5.41) is 0. The van der Waals surface area contributed by atoms with E-state index >= 15 is 0 Å². The lowest BCUT2D eigenvalue weighted by Crippen LogP contribution is -2.37. The third-order valence-electron chi connectivity index (χ3n) is 3.73. The van der Waals surface area contributed by atoms with Gasteiger partial charge in [-0.25, -0.2) is 4.98 Å². The zero-order chi connectivity index (χ0) is 14.8. The summed E-state index contributed by atoms with van der Waals surface area (Å²) in [5.41, 5.74) is 1.72. The standard InChI is InChI=1S/C15H19N3O3/c1-3-20-13-8-17-6-4-5-12(17)7-18(9-13)15(19)14-11(2)16-10-21-14/h4-6,10,13H,3,7-9H2,1-2H3/t13-/m1/s1. The van der Waals surface area contributed by atoms with Crippen LogP contribution in [0.25, 0.3) is 0 Å². The summed E-state index contributed by atoms with van der Waals surface area (Å²) >= 11 is 0. The molecule has 1 aliphatic rings. The van der Waals surface area contributed by atoms with Crippen molar-refractivity contribution in [3.05, 3.63) is 41.9 Å². The first kappa shape index (κ1) is 13.9. The van der Waals surface area contributed by atoms with E-state index in [0.29, 0.717) is 31.2 Å². The largest absolute Gasteiger partial charge is 0.438 e. The molecule has 0 aromatic carbocycles. The summed E-state index contributed by atoms with van der Waals surface area (Å²) < 4.78 is 13.1. The Balaban J connectivity index is 1.87. The molecule has 6 nitrogen and oxygen atoms in total. The first-order chi connectivity index (χ1) is 10.2. The van der Waals surface area contributed by atoms with Crippen molar-refractivity contribution >= 4 is 5.91 Å². The van der Waals surface area contributed by atoms with Crippen LogP contribution in [0.2, 0.25) is 0 Å². The van der Waals surface area contributed by atoms with E-state index in [4.69, 9.17) is 9.15 Å². The molecule has 3 heterocycles. The maximum absolute atomic E-state index is 12.6. The Morgan fingerprint density at radius 1 is 1.52 bits per heavy atom. The molecule has 0 saturated heterocycles. The summed E-state index contributed by atoms with van der Waals surface area (Å²) in [6, 6.07) is 4.02. The summed E-state index contributed by atoms with van der Waals surface area (Å²) in [7, 11) is 0. The summed E-state index contributed by atoms with van der Waals surface area (Å²) in [4.78, 5) is 18.4. The molecule has 0 N–H and O–H groups in total. The van der Waals surface area contributed by atoms with Crippen LogP contribution in [0, 0.1) is 6.92 Å². The molecule has 3 rings (SSSR count). The van der Waals surface area contributed by atoms with Crippen molar-refractivity contribution in [2.24, 2.45) is 0 Å². The lowest BCUT2D eigenvalue weighted by molar-refractivity contribution is 0.0247. The van der Waals surface area contributed by atoms with E-state index in [0.717, 1.165) is 12.2 Å². The predicted molar refractivity (Wildman–Crippen MR) is 75.8 cm³/mol. The minimum absolute atomic E-state index is 0.0178. The first-order valence-electron chi connectivity index (χ1n) is 7.14. The number of carbonyl (C=O) groups is 1. The number of carbonyl (C=O) groups excluding carboxylic acids is 1. The van der Waals surface area contributed by atoms with Gasteiger partial charge in [0.25, 0.3) is 5.91 Å². The van der Waals surface area contributed by atoms with Crippen LogP contribution in [0.1, 0.15) is 28.9 Å². The third-order valence-corrected chi connectivity index (χ3v) is 3.73. The fourth-order valence-electron chi connectivity index (χ4n) is 2.70. The van der Waals surface area contributed by atoms with Crippen molar-refractivity contribution in [1.82, 2.24) is 14.5 Å². The van der Waals surface area contributed by atoms with Crippen molar-refractivity contribution in [2.45, 2.75) is 33.0 Å². The van der Waals surface area contributed by atoms with Gasteiger partial charge in [-0.15, -0.1) is 0 Å². The Kier molecular flexibility index (Phi) is 3.79. The molecule has 6 heteroatoms. The number of fused-ring (bicyclic) bond motifs is 1. The van der Waals surface area contributed by atoms with Crippen LogP contribution in [0.15, 0.2) is 29.1 Å². The van der Waals surface area contributed by atoms with E-state index in [9.17, 15) is 4.79 Å². The lowest BCUT2D eigenvalue weighted by Gasteiger charge is -2.23. The highest BCUT2D eigenvalue weighted by Crippen LogP contribution is 2.18. The van der Waals surface area contributed by atoms with Gasteiger partial charge in [0.2, 0.25) is 5.76 Å². The van der Waals surface area contributed by atoms with Crippen molar-refractivity contribution in [2.75, 3.05) is 13.2 Å². The summed E-state index contributed by atoms with van der Waals surface area (Å²) in [6.07, 6.45) is 3.31. The number of hydrogen-bond acceptors (Lipinski definition) is 4. The van der Waals surface area contributed by atoms with E-state index in [2.05, 4.69) is 9.55 Å². The SMILES string of the molecule is CCO[C@H]1CN(C(=O)c2ocnc2C)Cc2cccn2C1. The van der Waals surface area contributed by atoms with Gasteiger partial charge < -0.3 is 18.6 Å². The van der Waals surface area contributed by atoms with Crippen LogP contribution in [-0.2, 0) is 17.8 Å². The Morgan fingerprint density at radius 2 is 2.38 bits per heavy atom. The Morgan fingerprint density at radius 3 is 3.10 bits per heavy atom. The highest BCUT2D eigenvalue weighted by atomic mass is 16.5. The van der Waals surface area contributed by atoms with Crippen LogP contribution in [0.5, 0.6) is 0 Å². The third kappa shape index (κ3) is 2.71. The van der Waals surface area contributed by atoms with E-state index in [1.54, 1.807) is 11.8 Å². The maximum Gasteiger partial charge on any atom is 0.292 e. The molecular formula is C15H19N3O3. The molecular weight excluding hydrogens is 270 g/mol. The second-order valence-electron chi connectivity index (χ2n) is 5.18. The highest BCUT2D eigenvalue weighted by molar-refractivity contribution is 5.92. The molecule has 0 bridgehead atoms. The quantitative estimate of drug-likeness (QED) is 0.865. The molecule has 21 heavy (non-hydrogen) atoms. The molecule has 1 amide bonds. The maximum atomic E-state index is 12.6. The lowest BCUT2D eigenvalue weighted by atomic mass is 10.2. The van der Waals surface area contributed by atoms with Crippen molar-refractivity contribution in [1.29, 1.82) is 0 Å². The smallest absolute Gasteiger partial charge is 0.292 e. The van der Waals surface area contributed by atoms with Gasteiger partial charge in [-0.2, -0.15) is 0 Å². The van der Waals surface area contributed by atoms with Gasteiger partial charge >= 0.3 is 0 Å². The van der Waals surface area contributed by atoms with Gasteiger partial charge in [0.1, 0.15) is 0 Å². The molecule has 2 aromatic heterocycles. The first-order valence-corrected chi connectivity index (χ1v) is 7.14. The topological polar surface area (TPSA) is 60.5 Å². The molecule has 0 fully saturated rings. The molecule has 0 aliphatic carbocycles. The number of ether oxygens (including phenoxy) is 1. The van der Waals surface area contributed by atoms with E-state index in [-0.39, 0.29) is 12.0 Å². The number of aryl methyl sites for hydroxylation is 1. The monoisotopic (exact) mass is 289 g/mol. The number of nitrogens with zero attached hydrogens (tertiary/aromatic N) is 3.